The monoisotopic (exact) mass is 163 g/mol. The first-order valence-electron chi connectivity index (χ1n) is 3.16. The van der Waals surface area contributed by atoms with Gasteiger partial charge in [-0.15, -0.1) is 4.99 Å². The molecule has 2 N–H and O–H groups in total. The number of rotatable bonds is 3. The lowest BCUT2D eigenvalue weighted by atomic mass is 10.2. The van der Waals surface area contributed by atoms with Crippen LogP contribution in [0.3, 0.4) is 0 Å². The number of hydrogen-bond acceptors (Lipinski definition) is 5. The summed E-state index contributed by atoms with van der Waals surface area (Å²) in [4.78, 5) is 18.6. The van der Waals surface area contributed by atoms with E-state index in [2.05, 4.69) is 15.8 Å². The molecule has 5 nitrogen and oxygen atoms in total. The van der Waals surface area contributed by atoms with Gasteiger partial charge in [0.1, 0.15) is 5.60 Å². The van der Waals surface area contributed by atoms with Crippen molar-refractivity contribution in [2.75, 3.05) is 6.61 Å². The number of carbonyl (C=O) groups excluding carboxylic acids is 1. The van der Waals surface area contributed by atoms with Crippen LogP contribution in [0.15, 0.2) is 0 Å². The van der Waals surface area contributed by atoms with Gasteiger partial charge in [-0.2, -0.15) is 5.90 Å². The smallest absolute Gasteiger partial charge is 0.336 e. The maximum absolute atomic E-state index is 10.7. The molecular weight excluding hydrogens is 150 g/mol. The van der Waals surface area contributed by atoms with Gasteiger partial charge in [0, 0.05) is 0 Å². The molecule has 66 valence electrons. The Labute approximate surface area is 65.3 Å². The molecule has 0 amide bonds. The quantitative estimate of drug-likeness (QED) is 0.364. The maximum Gasteiger partial charge on any atom is 0.336 e. The topological polar surface area (TPSA) is 70.8 Å². The Balaban J connectivity index is 3.53. The van der Waals surface area contributed by atoms with Crippen LogP contribution < -0.4 is 5.90 Å². The summed E-state index contributed by atoms with van der Waals surface area (Å²) in [6, 6.07) is 0. The molecule has 0 aliphatic rings. The van der Waals surface area contributed by atoms with Gasteiger partial charge < -0.3 is 4.74 Å². The number of ether oxygens (including phenoxy) is 1. The van der Waals surface area contributed by atoms with Crippen molar-refractivity contribution < 1.29 is 19.4 Å². The van der Waals surface area contributed by atoms with E-state index in [9.17, 15) is 4.79 Å². The SMILES string of the molecule is CC(C)(C)OC(=O)COON. The van der Waals surface area contributed by atoms with E-state index in [0.29, 0.717) is 0 Å². The zero-order valence-corrected chi connectivity index (χ0v) is 6.92. The molecule has 0 aliphatic carbocycles. The van der Waals surface area contributed by atoms with Gasteiger partial charge in [0.15, 0.2) is 6.61 Å². The molecule has 0 radical (unpaired) electrons. The fraction of sp³-hybridized carbons (Fsp3) is 0.833. The summed E-state index contributed by atoms with van der Waals surface area (Å²) in [6.45, 7) is 4.98. The Morgan fingerprint density at radius 1 is 1.45 bits per heavy atom. The maximum atomic E-state index is 10.7. The lowest BCUT2D eigenvalue weighted by Gasteiger charge is -2.18. The molecule has 0 saturated heterocycles. The third-order valence-corrected chi connectivity index (χ3v) is 0.665. The van der Waals surface area contributed by atoms with E-state index in [4.69, 9.17) is 4.74 Å². The van der Waals surface area contributed by atoms with Crippen molar-refractivity contribution in [2.24, 2.45) is 5.90 Å². The molecule has 0 saturated carbocycles. The first kappa shape index (κ1) is 10.3. The van der Waals surface area contributed by atoms with Gasteiger partial charge in [0.05, 0.1) is 0 Å². The highest BCUT2D eigenvalue weighted by Crippen LogP contribution is 2.06. The van der Waals surface area contributed by atoms with E-state index < -0.39 is 11.6 Å². The Kier molecular flexibility index (Phi) is 4.02. The molecule has 0 bridgehead atoms. The first-order chi connectivity index (χ1) is 4.95. The largest absolute Gasteiger partial charge is 0.458 e. The van der Waals surface area contributed by atoms with Gasteiger partial charge in [-0.25, -0.2) is 9.68 Å². The molecule has 0 aromatic rings. The van der Waals surface area contributed by atoms with Gasteiger partial charge in [-0.3, -0.25) is 0 Å². The first-order valence-corrected chi connectivity index (χ1v) is 3.16. The summed E-state index contributed by atoms with van der Waals surface area (Å²) in [7, 11) is 0. The summed E-state index contributed by atoms with van der Waals surface area (Å²) >= 11 is 0. The zero-order valence-electron chi connectivity index (χ0n) is 6.92. The number of esters is 1. The van der Waals surface area contributed by atoms with Crippen molar-refractivity contribution >= 4 is 5.97 Å². The van der Waals surface area contributed by atoms with Crippen LogP contribution in [0.5, 0.6) is 0 Å². The summed E-state index contributed by atoms with van der Waals surface area (Å²) < 4.78 is 4.84. The van der Waals surface area contributed by atoms with E-state index in [-0.39, 0.29) is 6.61 Å². The van der Waals surface area contributed by atoms with Crippen LogP contribution in [0.4, 0.5) is 0 Å². The van der Waals surface area contributed by atoms with Crippen LogP contribution >= 0.6 is 0 Å². The lowest BCUT2D eigenvalue weighted by Crippen LogP contribution is -2.26. The van der Waals surface area contributed by atoms with Gasteiger partial charge in [-0.05, 0) is 20.8 Å². The van der Waals surface area contributed by atoms with Crippen molar-refractivity contribution in [1.29, 1.82) is 0 Å². The third kappa shape index (κ3) is 7.24. The fourth-order valence-corrected chi connectivity index (χ4v) is 0.453. The summed E-state index contributed by atoms with van der Waals surface area (Å²) in [5, 5.41) is 0. The van der Waals surface area contributed by atoms with E-state index >= 15 is 0 Å². The number of carbonyl (C=O) groups is 1. The van der Waals surface area contributed by atoms with E-state index in [0.717, 1.165) is 0 Å². The molecule has 0 aromatic carbocycles. The fourth-order valence-electron chi connectivity index (χ4n) is 0.453. The van der Waals surface area contributed by atoms with Crippen LogP contribution in [-0.2, 0) is 19.4 Å². The minimum Gasteiger partial charge on any atom is -0.458 e. The van der Waals surface area contributed by atoms with Crippen molar-refractivity contribution in [3.8, 4) is 0 Å². The molecule has 5 heteroatoms. The Hall–Kier alpha value is -0.650. The minimum atomic E-state index is -0.511. The van der Waals surface area contributed by atoms with Gasteiger partial charge in [0.25, 0.3) is 0 Å². The molecule has 0 spiro atoms. The normalized spacial score (nSPS) is 11.3. The van der Waals surface area contributed by atoms with Gasteiger partial charge in [-0.1, -0.05) is 0 Å². The second kappa shape index (κ2) is 4.27. The Morgan fingerprint density at radius 2 is 2.00 bits per heavy atom. The average molecular weight is 163 g/mol. The Morgan fingerprint density at radius 3 is 2.36 bits per heavy atom. The molecule has 0 rings (SSSR count). The van der Waals surface area contributed by atoms with Crippen LogP contribution in [0.1, 0.15) is 20.8 Å². The van der Waals surface area contributed by atoms with Gasteiger partial charge in [0.2, 0.25) is 0 Å². The number of hydrogen-bond donors (Lipinski definition) is 1. The van der Waals surface area contributed by atoms with Crippen LogP contribution in [-0.4, -0.2) is 18.2 Å². The highest BCUT2D eigenvalue weighted by Gasteiger charge is 2.16. The van der Waals surface area contributed by atoms with Crippen LogP contribution in [0.2, 0.25) is 0 Å². The molecule has 0 atom stereocenters. The second-order valence-electron chi connectivity index (χ2n) is 2.94. The van der Waals surface area contributed by atoms with Crippen molar-refractivity contribution in [3.05, 3.63) is 0 Å². The highest BCUT2D eigenvalue weighted by molar-refractivity contribution is 5.71. The Bertz CT molecular complexity index is 129. The molecule has 0 fully saturated rings. The average Bonchev–Trinajstić information content (AvgIpc) is 1.79. The van der Waals surface area contributed by atoms with Crippen molar-refractivity contribution in [3.63, 3.8) is 0 Å². The second-order valence-corrected chi connectivity index (χ2v) is 2.94. The number of nitrogens with two attached hydrogens (primary N) is 1. The lowest BCUT2D eigenvalue weighted by molar-refractivity contribution is -0.298. The molecule has 0 unspecified atom stereocenters. The van der Waals surface area contributed by atoms with Crippen LogP contribution in [0.25, 0.3) is 0 Å². The van der Waals surface area contributed by atoms with Crippen molar-refractivity contribution in [2.45, 2.75) is 26.4 Å². The third-order valence-electron chi connectivity index (χ3n) is 0.665. The molecular formula is C6H13NO4. The predicted octanol–water partition coefficient (Wildman–Crippen LogP) is 0.150. The van der Waals surface area contributed by atoms with E-state index in [1.807, 2.05) is 0 Å². The van der Waals surface area contributed by atoms with Crippen LogP contribution in [0, 0.1) is 0 Å². The predicted molar refractivity (Wildman–Crippen MR) is 37.1 cm³/mol. The zero-order chi connectivity index (χ0) is 8.91. The molecule has 11 heavy (non-hydrogen) atoms. The summed E-state index contributed by atoms with van der Waals surface area (Å²) in [5.41, 5.74) is -0.505. The minimum absolute atomic E-state index is 0.298. The van der Waals surface area contributed by atoms with E-state index in [1.54, 1.807) is 20.8 Å². The molecule has 0 heterocycles. The standard InChI is InChI=1S/C6H13NO4/c1-6(2,3)10-5(8)4-9-11-7/h4,7H2,1-3H3. The highest BCUT2D eigenvalue weighted by atomic mass is 17.3. The summed E-state index contributed by atoms with van der Waals surface area (Å²) in [5.74, 6) is 4.00. The van der Waals surface area contributed by atoms with Crippen molar-refractivity contribution in [1.82, 2.24) is 0 Å². The molecule has 0 aliphatic heterocycles. The summed E-state index contributed by atoms with van der Waals surface area (Å²) in [6.07, 6.45) is 0. The van der Waals surface area contributed by atoms with Gasteiger partial charge >= 0.3 is 5.97 Å². The van der Waals surface area contributed by atoms with E-state index in [1.165, 1.54) is 0 Å². The molecule has 0 aromatic heterocycles.